The van der Waals surface area contributed by atoms with Crippen LogP contribution < -0.4 is 15.0 Å². The molecule has 29 heavy (non-hydrogen) atoms. The third kappa shape index (κ3) is 2.85. The second kappa shape index (κ2) is 6.66. The van der Waals surface area contributed by atoms with Gasteiger partial charge in [0, 0.05) is 22.9 Å². The van der Waals surface area contributed by atoms with Crippen LogP contribution in [0.5, 0.6) is 11.5 Å². The van der Waals surface area contributed by atoms with E-state index in [1.54, 1.807) is 24.3 Å². The number of alkyl halides is 3. The molecule has 1 aromatic heterocycles. The number of aromatic nitrogens is 1. The van der Waals surface area contributed by atoms with Crippen molar-refractivity contribution in [2.24, 2.45) is 0 Å². The zero-order valence-corrected chi connectivity index (χ0v) is 16.0. The Morgan fingerprint density at radius 3 is 2.41 bits per heavy atom. The lowest BCUT2D eigenvalue weighted by atomic mass is 9.91. The fourth-order valence-electron chi connectivity index (χ4n) is 3.72. The molecular formula is C21H20F3NO4. The number of aliphatic hydroxyl groups is 1. The van der Waals surface area contributed by atoms with Gasteiger partial charge in [0.1, 0.15) is 0 Å². The molecule has 0 amide bonds. The van der Waals surface area contributed by atoms with E-state index in [-0.39, 0.29) is 23.9 Å². The van der Waals surface area contributed by atoms with Gasteiger partial charge in [-0.1, -0.05) is 31.5 Å². The maximum absolute atomic E-state index is 13.6. The monoisotopic (exact) mass is 407 g/mol. The Labute approximate surface area is 164 Å². The molecule has 0 saturated heterocycles. The third-order valence-corrected chi connectivity index (χ3v) is 5.39. The van der Waals surface area contributed by atoms with Gasteiger partial charge in [-0.2, -0.15) is 13.2 Å². The average molecular weight is 407 g/mol. The second-order valence-electron chi connectivity index (χ2n) is 7.31. The van der Waals surface area contributed by atoms with Crippen LogP contribution in [0.2, 0.25) is 0 Å². The van der Waals surface area contributed by atoms with Crippen LogP contribution in [0.15, 0.2) is 35.1 Å². The molecule has 1 atom stereocenters. The van der Waals surface area contributed by atoms with Crippen molar-refractivity contribution < 1.29 is 27.8 Å². The minimum absolute atomic E-state index is 0.0565. The smallest absolute Gasteiger partial charge is 0.421 e. The SMILES string of the molecule is CCCCn1c(=O)c2ccccc2c2cc(C(C)(O)C(F)(F)F)c3c(c21)OCO3. The molecule has 2 heterocycles. The minimum atomic E-state index is -4.92. The highest BCUT2D eigenvalue weighted by molar-refractivity contribution is 6.08. The van der Waals surface area contributed by atoms with E-state index in [0.717, 1.165) is 6.42 Å². The molecule has 0 bridgehead atoms. The molecule has 1 aliphatic rings. The second-order valence-corrected chi connectivity index (χ2v) is 7.31. The van der Waals surface area contributed by atoms with E-state index in [2.05, 4.69) is 0 Å². The summed E-state index contributed by atoms with van der Waals surface area (Å²) in [5, 5.41) is 11.7. The number of halogens is 3. The maximum atomic E-state index is 13.6. The Morgan fingerprint density at radius 1 is 1.10 bits per heavy atom. The lowest BCUT2D eigenvalue weighted by Crippen LogP contribution is -2.39. The lowest BCUT2D eigenvalue weighted by molar-refractivity contribution is -0.259. The van der Waals surface area contributed by atoms with Crippen molar-refractivity contribution in [2.75, 3.05) is 6.79 Å². The molecule has 154 valence electrons. The number of unbranched alkanes of at least 4 members (excludes halogenated alkanes) is 1. The number of benzene rings is 2. The largest absolute Gasteiger partial charge is 0.453 e. The van der Waals surface area contributed by atoms with Gasteiger partial charge in [0.05, 0.1) is 5.52 Å². The van der Waals surface area contributed by atoms with Crippen molar-refractivity contribution in [1.29, 1.82) is 0 Å². The molecule has 0 saturated carbocycles. The quantitative estimate of drug-likeness (QED) is 0.649. The lowest BCUT2D eigenvalue weighted by Gasteiger charge is -2.28. The first-order chi connectivity index (χ1) is 13.7. The summed E-state index contributed by atoms with van der Waals surface area (Å²) in [6, 6.07) is 8.01. The summed E-state index contributed by atoms with van der Waals surface area (Å²) in [6.07, 6.45) is -3.38. The summed E-state index contributed by atoms with van der Waals surface area (Å²) in [4.78, 5) is 13.1. The van der Waals surface area contributed by atoms with Crippen LogP contribution in [0.25, 0.3) is 21.7 Å². The molecule has 0 aliphatic carbocycles. The van der Waals surface area contributed by atoms with Gasteiger partial charge >= 0.3 is 6.18 Å². The number of fused-ring (bicyclic) bond motifs is 5. The Morgan fingerprint density at radius 2 is 1.76 bits per heavy atom. The first-order valence-corrected chi connectivity index (χ1v) is 9.36. The van der Waals surface area contributed by atoms with Crippen LogP contribution in [0.4, 0.5) is 13.2 Å². The highest BCUT2D eigenvalue weighted by Crippen LogP contribution is 2.50. The van der Waals surface area contributed by atoms with Crippen molar-refractivity contribution in [3.05, 3.63) is 46.2 Å². The molecule has 2 aromatic carbocycles. The van der Waals surface area contributed by atoms with Crippen LogP contribution in [-0.4, -0.2) is 22.6 Å². The van der Waals surface area contributed by atoms with E-state index in [0.29, 0.717) is 41.6 Å². The van der Waals surface area contributed by atoms with Crippen LogP contribution in [0, 0.1) is 0 Å². The molecule has 1 unspecified atom stereocenters. The van der Waals surface area contributed by atoms with Gasteiger partial charge in [-0.3, -0.25) is 4.79 Å². The van der Waals surface area contributed by atoms with Gasteiger partial charge in [0.15, 0.2) is 17.1 Å². The normalized spacial score (nSPS) is 15.8. The fourth-order valence-corrected chi connectivity index (χ4v) is 3.72. The number of ether oxygens (including phenoxy) is 2. The number of rotatable bonds is 4. The Balaban J connectivity index is 2.19. The first-order valence-electron chi connectivity index (χ1n) is 9.36. The van der Waals surface area contributed by atoms with Crippen LogP contribution in [0.1, 0.15) is 32.3 Å². The Hall–Kier alpha value is -2.74. The zero-order chi connectivity index (χ0) is 21.0. The molecule has 3 aromatic rings. The number of pyridine rings is 1. The summed E-state index contributed by atoms with van der Waals surface area (Å²) in [5.41, 5.74) is -3.44. The first kappa shape index (κ1) is 19.6. The fraction of sp³-hybridized carbons (Fsp3) is 0.381. The maximum Gasteiger partial charge on any atom is 0.421 e. The molecular weight excluding hydrogens is 387 g/mol. The standard InChI is InChI=1S/C21H20F3NO4/c1-3-4-9-25-16-14(12-7-5-6-8-13(12)19(25)26)10-15(17-18(16)29-11-28-17)20(2,27)21(22,23)24/h5-8,10,27H,3-4,9,11H2,1-2H3. The molecule has 0 radical (unpaired) electrons. The summed E-state index contributed by atoms with van der Waals surface area (Å²) in [6.45, 7) is 2.77. The predicted molar refractivity (Wildman–Crippen MR) is 102 cm³/mol. The van der Waals surface area contributed by atoms with Crippen LogP contribution in [0.3, 0.4) is 0 Å². The molecule has 5 nitrogen and oxygen atoms in total. The van der Waals surface area contributed by atoms with E-state index in [4.69, 9.17) is 9.47 Å². The predicted octanol–water partition coefficient (Wildman–Crippen LogP) is 4.45. The molecule has 8 heteroatoms. The highest BCUT2D eigenvalue weighted by atomic mass is 19.4. The third-order valence-electron chi connectivity index (χ3n) is 5.39. The Bertz CT molecular complexity index is 1160. The van der Waals surface area contributed by atoms with Crippen molar-refractivity contribution in [2.45, 2.75) is 45.0 Å². The van der Waals surface area contributed by atoms with Crippen molar-refractivity contribution in [1.82, 2.24) is 4.57 Å². The van der Waals surface area contributed by atoms with Crippen molar-refractivity contribution in [3.8, 4) is 11.5 Å². The Kier molecular flexibility index (Phi) is 4.49. The summed E-state index contributed by atoms with van der Waals surface area (Å²) >= 11 is 0. The number of aryl methyl sites for hydroxylation is 1. The number of nitrogens with zero attached hydrogens (tertiary/aromatic N) is 1. The van der Waals surface area contributed by atoms with Gasteiger partial charge < -0.3 is 19.1 Å². The van der Waals surface area contributed by atoms with E-state index in [9.17, 15) is 23.1 Å². The van der Waals surface area contributed by atoms with Crippen molar-refractivity contribution >= 4 is 21.7 Å². The molecule has 1 N–H and O–H groups in total. The van der Waals surface area contributed by atoms with E-state index in [1.807, 2.05) is 6.92 Å². The molecule has 0 spiro atoms. The highest BCUT2D eigenvalue weighted by Gasteiger charge is 2.53. The van der Waals surface area contributed by atoms with Gasteiger partial charge in [-0.15, -0.1) is 0 Å². The van der Waals surface area contributed by atoms with Gasteiger partial charge in [0.25, 0.3) is 5.56 Å². The van der Waals surface area contributed by atoms with Crippen molar-refractivity contribution in [3.63, 3.8) is 0 Å². The molecule has 4 rings (SSSR count). The van der Waals surface area contributed by atoms with E-state index >= 15 is 0 Å². The summed E-state index contributed by atoms with van der Waals surface area (Å²) < 4.78 is 53.2. The average Bonchev–Trinajstić information content (AvgIpc) is 3.16. The topological polar surface area (TPSA) is 60.7 Å². The van der Waals surface area contributed by atoms with E-state index in [1.165, 1.54) is 10.6 Å². The van der Waals surface area contributed by atoms with Gasteiger partial charge in [-0.25, -0.2) is 0 Å². The number of hydrogen-bond donors (Lipinski definition) is 1. The van der Waals surface area contributed by atoms with Gasteiger partial charge in [0.2, 0.25) is 6.79 Å². The van der Waals surface area contributed by atoms with E-state index < -0.39 is 17.3 Å². The minimum Gasteiger partial charge on any atom is -0.453 e. The molecule has 1 aliphatic heterocycles. The van der Waals surface area contributed by atoms with Crippen LogP contribution in [-0.2, 0) is 12.1 Å². The molecule has 0 fully saturated rings. The zero-order valence-electron chi connectivity index (χ0n) is 16.0. The summed E-state index contributed by atoms with van der Waals surface area (Å²) in [7, 11) is 0. The van der Waals surface area contributed by atoms with Gasteiger partial charge in [-0.05, 0) is 30.9 Å². The van der Waals surface area contributed by atoms with Crippen LogP contribution >= 0.6 is 0 Å². The summed E-state index contributed by atoms with van der Waals surface area (Å²) in [5.74, 6) is -0.124. The number of hydrogen-bond acceptors (Lipinski definition) is 4.